The van der Waals surface area contributed by atoms with E-state index in [2.05, 4.69) is 0 Å². The molecule has 0 aliphatic carbocycles. The lowest BCUT2D eigenvalue weighted by Crippen LogP contribution is -2.05. The molecule has 0 radical (unpaired) electrons. The van der Waals surface area contributed by atoms with Gasteiger partial charge in [0, 0.05) is 0 Å². The topological polar surface area (TPSA) is 46.5 Å². The van der Waals surface area contributed by atoms with Gasteiger partial charge in [-0.1, -0.05) is 66.7 Å². The van der Waals surface area contributed by atoms with Crippen LogP contribution in [-0.4, -0.2) is 11.1 Å². The van der Waals surface area contributed by atoms with Crippen molar-refractivity contribution in [2.75, 3.05) is 0 Å². The fraction of sp³-hybridized carbons (Fsp3) is 0.136. The summed E-state index contributed by atoms with van der Waals surface area (Å²) in [6, 6.07) is 23.8. The van der Waals surface area contributed by atoms with Gasteiger partial charge in [-0.15, -0.1) is 0 Å². The number of rotatable bonds is 6. The molecule has 0 saturated heterocycles. The quantitative estimate of drug-likeness (QED) is 0.700. The third kappa shape index (κ3) is 4.27. The molecule has 0 amide bonds. The average molecular weight is 332 g/mol. The van der Waals surface area contributed by atoms with E-state index in [0.717, 1.165) is 33.6 Å². The molecular formula is C22H20O3. The molecule has 3 heteroatoms. The maximum absolute atomic E-state index is 11.2. The van der Waals surface area contributed by atoms with Crippen molar-refractivity contribution in [3.05, 3.63) is 89.5 Å². The lowest BCUT2D eigenvalue weighted by atomic mass is 9.97. The van der Waals surface area contributed by atoms with Crippen molar-refractivity contribution >= 4 is 5.97 Å². The summed E-state index contributed by atoms with van der Waals surface area (Å²) < 4.78 is 6.01. The molecule has 3 aromatic rings. The lowest BCUT2D eigenvalue weighted by Gasteiger charge is -2.15. The third-order valence-corrected chi connectivity index (χ3v) is 4.15. The number of aliphatic carboxylic acids is 1. The minimum Gasteiger partial charge on any atom is -0.489 e. The van der Waals surface area contributed by atoms with Crippen molar-refractivity contribution in [3.8, 4) is 16.9 Å². The first-order valence-electron chi connectivity index (χ1n) is 8.21. The number of hydrogen-bond donors (Lipinski definition) is 1. The molecule has 0 fully saturated rings. The summed E-state index contributed by atoms with van der Waals surface area (Å²) in [5, 5.41) is 9.21. The minimum absolute atomic E-state index is 0.0196. The van der Waals surface area contributed by atoms with Crippen LogP contribution in [0.25, 0.3) is 11.1 Å². The Labute approximate surface area is 147 Å². The van der Waals surface area contributed by atoms with Gasteiger partial charge in [0.25, 0.3) is 0 Å². The summed E-state index contributed by atoms with van der Waals surface area (Å²) in [6.45, 7) is 2.36. The summed E-state index contributed by atoms with van der Waals surface area (Å²) >= 11 is 0. The zero-order valence-electron chi connectivity index (χ0n) is 14.1. The smallest absolute Gasteiger partial charge is 0.307 e. The number of carboxylic acid groups (broad SMARTS) is 1. The number of carboxylic acids is 1. The van der Waals surface area contributed by atoms with Gasteiger partial charge in [0.15, 0.2) is 0 Å². The van der Waals surface area contributed by atoms with Crippen molar-refractivity contribution in [1.82, 2.24) is 0 Å². The maximum Gasteiger partial charge on any atom is 0.307 e. The highest BCUT2D eigenvalue weighted by atomic mass is 16.5. The average Bonchev–Trinajstić information content (AvgIpc) is 2.63. The predicted octanol–water partition coefficient (Wildman–Crippen LogP) is 4.87. The van der Waals surface area contributed by atoms with Gasteiger partial charge in [-0.3, -0.25) is 4.79 Å². The molecule has 1 N–H and O–H groups in total. The predicted molar refractivity (Wildman–Crippen MR) is 98.7 cm³/mol. The minimum atomic E-state index is -0.845. The van der Waals surface area contributed by atoms with Crippen LogP contribution in [0.1, 0.15) is 16.7 Å². The monoisotopic (exact) mass is 332 g/mol. The molecule has 0 aliphatic rings. The molecule has 0 bridgehead atoms. The Balaban J connectivity index is 1.96. The van der Waals surface area contributed by atoms with Gasteiger partial charge in [0.1, 0.15) is 12.4 Å². The molecule has 0 aliphatic heterocycles. The first-order valence-corrected chi connectivity index (χ1v) is 8.21. The molecule has 25 heavy (non-hydrogen) atoms. The Morgan fingerprint density at radius 2 is 1.56 bits per heavy atom. The van der Waals surface area contributed by atoms with Crippen LogP contribution < -0.4 is 4.74 Å². The Hall–Kier alpha value is -3.07. The SMILES string of the molecule is Cc1c(CC(=O)O)cc(-c2ccccc2)cc1OCc1ccccc1. The van der Waals surface area contributed by atoms with Crippen LogP contribution in [0.15, 0.2) is 72.8 Å². The number of carbonyl (C=O) groups is 1. The number of hydrogen-bond acceptors (Lipinski definition) is 2. The summed E-state index contributed by atoms with van der Waals surface area (Å²) in [7, 11) is 0. The molecule has 0 atom stereocenters. The van der Waals surface area contributed by atoms with Crippen molar-refractivity contribution in [3.63, 3.8) is 0 Å². The van der Waals surface area contributed by atoms with Crippen LogP contribution in [0, 0.1) is 6.92 Å². The summed E-state index contributed by atoms with van der Waals surface area (Å²) in [4.78, 5) is 11.2. The van der Waals surface area contributed by atoms with Crippen molar-refractivity contribution < 1.29 is 14.6 Å². The number of ether oxygens (including phenoxy) is 1. The van der Waals surface area contributed by atoms with Crippen LogP contribution in [-0.2, 0) is 17.8 Å². The van der Waals surface area contributed by atoms with Gasteiger partial charge in [-0.25, -0.2) is 0 Å². The highest BCUT2D eigenvalue weighted by Gasteiger charge is 2.12. The van der Waals surface area contributed by atoms with Gasteiger partial charge >= 0.3 is 5.97 Å². The zero-order chi connectivity index (χ0) is 17.6. The second-order valence-electron chi connectivity index (χ2n) is 5.97. The highest BCUT2D eigenvalue weighted by Crippen LogP contribution is 2.31. The molecule has 0 saturated carbocycles. The summed E-state index contributed by atoms with van der Waals surface area (Å²) in [5.41, 5.74) is 4.73. The molecule has 3 aromatic carbocycles. The first-order chi connectivity index (χ1) is 12.1. The Kier molecular flexibility index (Phi) is 5.14. The summed E-state index contributed by atoms with van der Waals surface area (Å²) in [6.07, 6.45) is -0.0196. The second kappa shape index (κ2) is 7.67. The van der Waals surface area contributed by atoms with Crippen LogP contribution in [0.5, 0.6) is 5.75 Å². The van der Waals surface area contributed by atoms with E-state index in [1.165, 1.54) is 0 Å². The van der Waals surface area contributed by atoms with Crippen molar-refractivity contribution in [2.45, 2.75) is 20.0 Å². The van der Waals surface area contributed by atoms with Gasteiger partial charge in [-0.2, -0.15) is 0 Å². The van der Waals surface area contributed by atoms with E-state index in [-0.39, 0.29) is 6.42 Å². The van der Waals surface area contributed by atoms with E-state index in [0.29, 0.717) is 6.61 Å². The first kappa shape index (κ1) is 16.8. The van der Waals surface area contributed by atoms with E-state index < -0.39 is 5.97 Å². The van der Waals surface area contributed by atoms with E-state index in [1.807, 2.05) is 79.7 Å². The van der Waals surface area contributed by atoms with Crippen molar-refractivity contribution in [2.24, 2.45) is 0 Å². The molecule has 3 rings (SSSR count). The molecule has 0 aromatic heterocycles. The van der Waals surface area contributed by atoms with Gasteiger partial charge in [0.2, 0.25) is 0 Å². The van der Waals surface area contributed by atoms with E-state index in [9.17, 15) is 9.90 Å². The Bertz CT molecular complexity index is 855. The van der Waals surface area contributed by atoms with Gasteiger partial charge in [-0.05, 0) is 40.8 Å². The largest absolute Gasteiger partial charge is 0.489 e. The molecule has 0 unspecified atom stereocenters. The van der Waals surface area contributed by atoms with Gasteiger partial charge < -0.3 is 9.84 Å². The van der Waals surface area contributed by atoms with Gasteiger partial charge in [0.05, 0.1) is 6.42 Å². The normalized spacial score (nSPS) is 10.4. The Morgan fingerprint density at radius 1 is 0.920 bits per heavy atom. The number of benzene rings is 3. The second-order valence-corrected chi connectivity index (χ2v) is 5.97. The highest BCUT2D eigenvalue weighted by molar-refractivity contribution is 5.74. The maximum atomic E-state index is 11.2. The Morgan fingerprint density at radius 3 is 2.20 bits per heavy atom. The van der Waals surface area contributed by atoms with E-state index >= 15 is 0 Å². The molecule has 0 spiro atoms. The lowest BCUT2D eigenvalue weighted by molar-refractivity contribution is -0.136. The molecule has 126 valence electrons. The molecule has 0 heterocycles. The van der Waals surface area contributed by atoms with Crippen LogP contribution in [0.4, 0.5) is 0 Å². The van der Waals surface area contributed by atoms with E-state index in [1.54, 1.807) is 0 Å². The fourth-order valence-electron chi connectivity index (χ4n) is 2.77. The van der Waals surface area contributed by atoms with Crippen molar-refractivity contribution in [1.29, 1.82) is 0 Å². The van der Waals surface area contributed by atoms with Crippen LogP contribution >= 0.6 is 0 Å². The van der Waals surface area contributed by atoms with Crippen LogP contribution in [0.3, 0.4) is 0 Å². The van der Waals surface area contributed by atoms with E-state index in [4.69, 9.17) is 4.74 Å². The standard InChI is InChI=1S/C22H20O3/c1-16-19(14-22(23)24)12-20(18-10-6-3-7-11-18)13-21(16)25-15-17-8-4-2-5-9-17/h2-13H,14-15H2,1H3,(H,23,24). The zero-order valence-corrected chi connectivity index (χ0v) is 14.1. The third-order valence-electron chi connectivity index (χ3n) is 4.15. The van der Waals surface area contributed by atoms with Crippen LogP contribution in [0.2, 0.25) is 0 Å². The fourth-order valence-corrected chi connectivity index (χ4v) is 2.77. The summed E-state index contributed by atoms with van der Waals surface area (Å²) in [5.74, 6) is -0.122. The molecule has 3 nitrogen and oxygen atoms in total. The molecular weight excluding hydrogens is 312 g/mol.